The van der Waals surface area contributed by atoms with Crippen LogP contribution in [0.4, 0.5) is 0 Å². The monoisotopic (exact) mass is 293 g/mol. The number of hydrogen-bond acceptors (Lipinski definition) is 2. The van der Waals surface area contributed by atoms with E-state index in [-0.39, 0.29) is 5.91 Å². The van der Waals surface area contributed by atoms with Gasteiger partial charge >= 0.3 is 5.97 Å². The summed E-state index contributed by atoms with van der Waals surface area (Å²) in [5.41, 5.74) is 1.05. The minimum absolute atomic E-state index is 0.153. The van der Waals surface area contributed by atoms with E-state index in [1.807, 2.05) is 0 Å². The molecule has 20 heavy (non-hydrogen) atoms. The molecule has 0 bridgehead atoms. The summed E-state index contributed by atoms with van der Waals surface area (Å²) in [6.45, 7) is 2.86. The van der Waals surface area contributed by atoms with Crippen LogP contribution < -0.4 is 5.32 Å². The lowest BCUT2D eigenvalue weighted by molar-refractivity contribution is -0.131. The highest BCUT2D eigenvalue weighted by Crippen LogP contribution is 2.36. The number of benzene rings is 1. The van der Waals surface area contributed by atoms with Crippen LogP contribution in [0.25, 0.3) is 6.08 Å². The van der Waals surface area contributed by atoms with Crippen molar-refractivity contribution in [3.05, 3.63) is 40.4 Å². The molecule has 1 aromatic rings. The maximum absolute atomic E-state index is 11.9. The second kappa shape index (κ2) is 6.09. The van der Waals surface area contributed by atoms with Gasteiger partial charge in [-0.15, -0.1) is 0 Å². The number of halogens is 1. The summed E-state index contributed by atoms with van der Waals surface area (Å²) in [5.74, 6) is 0.0934. The minimum Gasteiger partial charge on any atom is -0.478 e. The quantitative estimate of drug-likeness (QED) is 0.820. The van der Waals surface area contributed by atoms with E-state index in [1.165, 1.54) is 12.5 Å². The van der Waals surface area contributed by atoms with E-state index in [9.17, 15) is 9.59 Å². The average Bonchev–Trinajstić information content (AvgIpc) is 3.10. The highest BCUT2D eigenvalue weighted by Gasteiger charge is 2.32. The van der Waals surface area contributed by atoms with E-state index in [0.717, 1.165) is 6.08 Å². The van der Waals surface area contributed by atoms with Crippen molar-refractivity contribution in [2.24, 2.45) is 11.8 Å². The first kappa shape index (κ1) is 14.6. The Morgan fingerprint density at radius 2 is 2.20 bits per heavy atom. The van der Waals surface area contributed by atoms with Gasteiger partial charge in [0.05, 0.1) is 0 Å². The van der Waals surface area contributed by atoms with Gasteiger partial charge < -0.3 is 10.4 Å². The molecule has 0 saturated heterocycles. The maximum Gasteiger partial charge on any atom is 0.328 e. The van der Waals surface area contributed by atoms with Gasteiger partial charge in [0.1, 0.15) is 0 Å². The van der Waals surface area contributed by atoms with Crippen LogP contribution in [-0.4, -0.2) is 23.5 Å². The van der Waals surface area contributed by atoms with Gasteiger partial charge in [0, 0.05) is 23.2 Å². The molecule has 2 unspecified atom stereocenters. The Labute approximate surface area is 122 Å². The molecular weight excluding hydrogens is 278 g/mol. The molecule has 106 valence electrons. The Balaban J connectivity index is 2.00. The molecule has 1 saturated carbocycles. The lowest BCUT2D eigenvalue weighted by Crippen LogP contribution is -2.25. The number of carbonyl (C=O) groups is 2. The third-order valence-corrected chi connectivity index (χ3v) is 3.80. The Morgan fingerprint density at radius 3 is 2.75 bits per heavy atom. The second-order valence-corrected chi connectivity index (χ2v) is 5.50. The second-order valence-electron chi connectivity index (χ2n) is 5.09. The number of carboxylic acids is 1. The number of nitrogens with one attached hydrogen (secondary N) is 1. The number of carbonyl (C=O) groups excluding carboxylic acids is 1. The van der Waals surface area contributed by atoms with E-state index >= 15 is 0 Å². The van der Waals surface area contributed by atoms with Crippen molar-refractivity contribution in [2.75, 3.05) is 6.54 Å². The van der Waals surface area contributed by atoms with E-state index in [1.54, 1.807) is 18.2 Å². The van der Waals surface area contributed by atoms with Crippen molar-refractivity contribution < 1.29 is 14.7 Å². The van der Waals surface area contributed by atoms with Crippen LogP contribution in [0.1, 0.15) is 29.3 Å². The van der Waals surface area contributed by atoms with Gasteiger partial charge in [0.15, 0.2) is 0 Å². The predicted octanol–water partition coefficient (Wildman–Crippen LogP) is 2.82. The first-order chi connectivity index (χ1) is 9.47. The molecule has 5 heteroatoms. The lowest BCUT2D eigenvalue weighted by atomic mass is 10.1. The molecule has 1 fully saturated rings. The smallest absolute Gasteiger partial charge is 0.328 e. The summed E-state index contributed by atoms with van der Waals surface area (Å²) in [4.78, 5) is 22.4. The summed E-state index contributed by atoms with van der Waals surface area (Å²) in [5, 5.41) is 11.8. The number of carboxylic acid groups (broad SMARTS) is 1. The zero-order valence-corrected chi connectivity index (χ0v) is 11.9. The molecule has 0 aliphatic heterocycles. The summed E-state index contributed by atoms with van der Waals surface area (Å²) in [7, 11) is 0. The summed E-state index contributed by atoms with van der Waals surface area (Å²) < 4.78 is 0. The fourth-order valence-electron chi connectivity index (χ4n) is 1.97. The minimum atomic E-state index is -1.04. The molecule has 0 aromatic heterocycles. The van der Waals surface area contributed by atoms with Crippen LogP contribution in [0, 0.1) is 11.8 Å². The Hall–Kier alpha value is -1.81. The lowest BCUT2D eigenvalue weighted by Gasteiger charge is -2.06. The largest absolute Gasteiger partial charge is 0.478 e. The number of aliphatic carboxylic acids is 1. The summed E-state index contributed by atoms with van der Waals surface area (Å²) in [6, 6.07) is 4.82. The van der Waals surface area contributed by atoms with Crippen LogP contribution >= 0.6 is 11.6 Å². The van der Waals surface area contributed by atoms with E-state index in [0.29, 0.717) is 34.5 Å². The van der Waals surface area contributed by atoms with Gasteiger partial charge in [-0.3, -0.25) is 4.79 Å². The molecule has 1 aromatic carbocycles. The van der Waals surface area contributed by atoms with Crippen molar-refractivity contribution in [1.82, 2.24) is 5.32 Å². The fraction of sp³-hybridized carbons (Fsp3) is 0.333. The number of hydrogen-bond donors (Lipinski definition) is 2. The highest BCUT2D eigenvalue weighted by molar-refractivity contribution is 6.32. The molecule has 1 aliphatic carbocycles. The van der Waals surface area contributed by atoms with Gasteiger partial charge in [0.25, 0.3) is 5.91 Å². The SMILES string of the molecule is CC1CC1CNC(=O)c1ccc(/C=C/C(=O)O)c(Cl)c1. The van der Waals surface area contributed by atoms with Crippen molar-refractivity contribution in [3.63, 3.8) is 0 Å². The predicted molar refractivity (Wildman–Crippen MR) is 77.7 cm³/mol. The van der Waals surface area contributed by atoms with Crippen LogP contribution in [-0.2, 0) is 4.79 Å². The van der Waals surface area contributed by atoms with Crippen LogP contribution in [0.15, 0.2) is 24.3 Å². The van der Waals surface area contributed by atoms with Crippen molar-refractivity contribution in [2.45, 2.75) is 13.3 Å². The molecule has 0 spiro atoms. The standard InChI is InChI=1S/C15H16ClNO3/c1-9-6-12(9)8-17-15(20)11-3-2-10(13(16)7-11)4-5-14(18)19/h2-5,7,9,12H,6,8H2,1H3,(H,17,20)(H,18,19)/b5-4+. The molecule has 2 rings (SSSR count). The van der Waals surface area contributed by atoms with Crippen molar-refractivity contribution >= 4 is 29.6 Å². The molecule has 0 radical (unpaired) electrons. The van der Waals surface area contributed by atoms with Crippen molar-refractivity contribution in [1.29, 1.82) is 0 Å². The van der Waals surface area contributed by atoms with E-state index < -0.39 is 5.97 Å². The van der Waals surface area contributed by atoms with Gasteiger partial charge in [-0.2, -0.15) is 0 Å². The van der Waals surface area contributed by atoms with Gasteiger partial charge in [-0.1, -0.05) is 24.6 Å². The van der Waals surface area contributed by atoms with E-state index in [4.69, 9.17) is 16.7 Å². The zero-order chi connectivity index (χ0) is 14.7. The van der Waals surface area contributed by atoms with Gasteiger partial charge in [-0.05, 0) is 42.0 Å². The first-order valence-corrected chi connectivity index (χ1v) is 6.84. The first-order valence-electron chi connectivity index (χ1n) is 6.46. The Morgan fingerprint density at radius 1 is 1.50 bits per heavy atom. The molecule has 4 nitrogen and oxygen atoms in total. The highest BCUT2D eigenvalue weighted by atomic mass is 35.5. The van der Waals surface area contributed by atoms with Crippen LogP contribution in [0.3, 0.4) is 0 Å². The fourth-order valence-corrected chi connectivity index (χ4v) is 2.22. The molecule has 2 N–H and O–H groups in total. The third kappa shape index (κ3) is 3.84. The Kier molecular flexibility index (Phi) is 4.45. The van der Waals surface area contributed by atoms with Gasteiger partial charge in [0.2, 0.25) is 0 Å². The molecule has 1 aliphatic rings. The molecular formula is C15H16ClNO3. The van der Waals surface area contributed by atoms with E-state index in [2.05, 4.69) is 12.2 Å². The third-order valence-electron chi connectivity index (χ3n) is 3.47. The average molecular weight is 294 g/mol. The normalized spacial score (nSPS) is 20.9. The topological polar surface area (TPSA) is 66.4 Å². The Bertz CT molecular complexity index is 568. The summed E-state index contributed by atoms with van der Waals surface area (Å²) >= 11 is 6.03. The van der Waals surface area contributed by atoms with Crippen LogP contribution in [0.5, 0.6) is 0 Å². The maximum atomic E-state index is 11.9. The molecule has 0 heterocycles. The molecule has 2 atom stereocenters. The summed E-state index contributed by atoms with van der Waals surface area (Å²) in [6.07, 6.45) is 3.58. The zero-order valence-electron chi connectivity index (χ0n) is 11.1. The van der Waals surface area contributed by atoms with Crippen LogP contribution in [0.2, 0.25) is 5.02 Å². The van der Waals surface area contributed by atoms with Crippen molar-refractivity contribution in [3.8, 4) is 0 Å². The van der Waals surface area contributed by atoms with Gasteiger partial charge in [-0.25, -0.2) is 4.79 Å². The molecule has 1 amide bonds. The number of rotatable bonds is 5. The number of amides is 1.